The van der Waals surface area contributed by atoms with Gasteiger partial charge in [-0.15, -0.1) is 0 Å². The van der Waals surface area contributed by atoms with Crippen LogP contribution in [0.5, 0.6) is 5.75 Å². The van der Waals surface area contributed by atoms with Crippen LogP contribution in [0.2, 0.25) is 5.02 Å². The Labute approximate surface area is 183 Å². The summed E-state index contributed by atoms with van der Waals surface area (Å²) in [6.45, 7) is 4.29. The molecule has 0 aliphatic carbocycles. The highest BCUT2D eigenvalue weighted by atomic mass is 35.5. The van der Waals surface area contributed by atoms with Crippen LogP contribution in [0.3, 0.4) is 0 Å². The number of carbonyl (C=O) groups excluding carboxylic acids is 4. The van der Waals surface area contributed by atoms with Crippen molar-refractivity contribution in [3.8, 4) is 5.75 Å². The Balaban J connectivity index is 2.43. The van der Waals surface area contributed by atoms with Crippen molar-refractivity contribution in [3.05, 3.63) is 29.3 Å². The predicted octanol–water partition coefficient (Wildman–Crippen LogP) is 1.80. The van der Waals surface area contributed by atoms with Gasteiger partial charge in [-0.05, 0) is 24.3 Å². The molecule has 170 valence electrons. The maximum atomic E-state index is 11.8. The van der Waals surface area contributed by atoms with Crippen molar-refractivity contribution in [2.45, 2.75) is 58.4 Å². The van der Waals surface area contributed by atoms with Gasteiger partial charge < -0.3 is 28.4 Å². The standard InChI is InChI=1S/C20H23ClO10/c1-10(22)26-9-16-17(27-11(2)23)18(28-12(3)24)19(29-13(4)25)20(31-16)30-15-7-5-14(21)6-8-15/h5-8,16-20H,9H2,1-4H3/t16-,17+,18+,19-,20-/m1/s1. The molecule has 0 radical (unpaired) electrons. The molecule has 10 nitrogen and oxygen atoms in total. The van der Waals surface area contributed by atoms with Gasteiger partial charge in [-0.1, -0.05) is 11.6 Å². The number of rotatable bonds is 7. The van der Waals surface area contributed by atoms with E-state index < -0.39 is 54.6 Å². The van der Waals surface area contributed by atoms with Gasteiger partial charge in [-0.2, -0.15) is 0 Å². The second-order valence-corrected chi connectivity index (χ2v) is 7.08. The van der Waals surface area contributed by atoms with Crippen molar-refractivity contribution in [2.24, 2.45) is 0 Å². The molecule has 0 saturated carbocycles. The molecule has 5 atom stereocenters. The smallest absolute Gasteiger partial charge is 0.303 e. The molecule has 1 aromatic carbocycles. The Morgan fingerprint density at radius 3 is 1.84 bits per heavy atom. The van der Waals surface area contributed by atoms with Crippen molar-refractivity contribution in [1.82, 2.24) is 0 Å². The molecule has 1 heterocycles. The minimum Gasteiger partial charge on any atom is -0.463 e. The van der Waals surface area contributed by atoms with Crippen molar-refractivity contribution in [3.63, 3.8) is 0 Å². The van der Waals surface area contributed by atoms with Crippen LogP contribution in [0.25, 0.3) is 0 Å². The predicted molar refractivity (Wildman–Crippen MR) is 104 cm³/mol. The van der Waals surface area contributed by atoms with Gasteiger partial charge >= 0.3 is 23.9 Å². The minimum absolute atomic E-state index is 0.310. The first kappa shape index (κ1) is 24.4. The van der Waals surface area contributed by atoms with Gasteiger partial charge in [-0.25, -0.2) is 0 Å². The van der Waals surface area contributed by atoms with Crippen LogP contribution in [-0.4, -0.2) is 61.2 Å². The van der Waals surface area contributed by atoms with Gasteiger partial charge in [0.1, 0.15) is 18.5 Å². The van der Waals surface area contributed by atoms with Crippen LogP contribution >= 0.6 is 11.6 Å². The fraction of sp³-hybridized carbons (Fsp3) is 0.500. The summed E-state index contributed by atoms with van der Waals surface area (Å²) in [6.07, 6.45) is -6.20. The Morgan fingerprint density at radius 2 is 1.32 bits per heavy atom. The SMILES string of the molecule is CC(=O)OC[C@H]1O[C@@H](Oc2ccc(Cl)cc2)[C@H](OC(C)=O)[C@@H](OC(C)=O)[C@H]1OC(C)=O. The lowest BCUT2D eigenvalue weighted by molar-refractivity contribution is -0.288. The Bertz CT molecular complexity index is 809. The molecule has 1 aliphatic heterocycles. The number of hydrogen-bond donors (Lipinski definition) is 0. The Hall–Kier alpha value is -2.85. The molecule has 11 heteroatoms. The number of hydrogen-bond acceptors (Lipinski definition) is 10. The molecule has 0 aromatic heterocycles. The molecule has 31 heavy (non-hydrogen) atoms. The second-order valence-electron chi connectivity index (χ2n) is 6.64. The maximum Gasteiger partial charge on any atom is 0.303 e. The lowest BCUT2D eigenvalue weighted by atomic mass is 9.98. The lowest BCUT2D eigenvalue weighted by Gasteiger charge is -2.43. The number of benzene rings is 1. The Kier molecular flexibility index (Phi) is 8.64. The van der Waals surface area contributed by atoms with Crippen LogP contribution in [0, 0.1) is 0 Å². The zero-order valence-corrected chi connectivity index (χ0v) is 18.1. The third-order valence-corrected chi connectivity index (χ3v) is 4.27. The van der Waals surface area contributed by atoms with E-state index in [4.69, 9.17) is 40.0 Å². The van der Waals surface area contributed by atoms with Crippen molar-refractivity contribution in [1.29, 1.82) is 0 Å². The van der Waals surface area contributed by atoms with E-state index in [1.54, 1.807) is 24.3 Å². The highest BCUT2D eigenvalue weighted by Gasteiger charge is 2.53. The van der Waals surface area contributed by atoms with Gasteiger partial charge in [0, 0.05) is 32.7 Å². The van der Waals surface area contributed by atoms with E-state index in [1.807, 2.05) is 0 Å². The van der Waals surface area contributed by atoms with E-state index in [1.165, 1.54) is 6.92 Å². The molecule has 0 spiro atoms. The summed E-state index contributed by atoms with van der Waals surface area (Å²) >= 11 is 5.88. The van der Waals surface area contributed by atoms with Gasteiger partial charge in [0.05, 0.1) is 0 Å². The molecule has 1 fully saturated rings. The molecular formula is C20H23ClO10. The summed E-state index contributed by atoms with van der Waals surface area (Å²) in [6, 6.07) is 6.25. The van der Waals surface area contributed by atoms with Gasteiger partial charge in [0.15, 0.2) is 12.2 Å². The average molecular weight is 459 g/mol. The maximum absolute atomic E-state index is 11.8. The number of carbonyl (C=O) groups is 4. The van der Waals surface area contributed by atoms with E-state index >= 15 is 0 Å². The molecule has 0 amide bonds. The van der Waals surface area contributed by atoms with Gasteiger partial charge in [-0.3, -0.25) is 19.2 Å². The highest BCUT2D eigenvalue weighted by molar-refractivity contribution is 6.30. The average Bonchev–Trinajstić information content (AvgIpc) is 2.65. The first-order valence-corrected chi connectivity index (χ1v) is 9.67. The summed E-state index contributed by atoms with van der Waals surface area (Å²) in [7, 11) is 0. The molecule has 2 rings (SSSR count). The van der Waals surface area contributed by atoms with E-state index in [0.717, 1.165) is 20.8 Å². The minimum atomic E-state index is -1.30. The van der Waals surface area contributed by atoms with Gasteiger partial charge in [0.2, 0.25) is 12.4 Å². The topological polar surface area (TPSA) is 124 Å². The number of esters is 4. The van der Waals surface area contributed by atoms with Crippen molar-refractivity contribution < 1.29 is 47.6 Å². The normalized spacial score (nSPS) is 25.1. The molecular weight excluding hydrogens is 436 g/mol. The summed E-state index contributed by atoms with van der Waals surface area (Å²) in [5.74, 6) is -2.44. The van der Waals surface area contributed by atoms with Crippen molar-refractivity contribution >= 4 is 35.5 Å². The lowest BCUT2D eigenvalue weighted by Crippen LogP contribution is -2.63. The third-order valence-electron chi connectivity index (χ3n) is 4.01. The summed E-state index contributed by atoms with van der Waals surface area (Å²) in [4.78, 5) is 46.5. The van der Waals surface area contributed by atoms with Crippen LogP contribution < -0.4 is 4.74 Å². The van der Waals surface area contributed by atoms with Crippen LogP contribution in [0.15, 0.2) is 24.3 Å². The zero-order valence-electron chi connectivity index (χ0n) is 17.4. The summed E-state index contributed by atoms with van der Waals surface area (Å²) < 4.78 is 32.5. The highest BCUT2D eigenvalue weighted by Crippen LogP contribution is 2.31. The second kappa shape index (κ2) is 11.0. The number of ether oxygens (including phenoxy) is 6. The van der Waals surface area contributed by atoms with Crippen LogP contribution in [-0.2, 0) is 42.9 Å². The molecule has 0 unspecified atom stereocenters. The fourth-order valence-electron chi connectivity index (χ4n) is 2.93. The Morgan fingerprint density at radius 1 is 0.806 bits per heavy atom. The molecule has 1 saturated heterocycles. The fourth-order valence-corrected chi connectivity index (χ4v) is 3.06. The van der Waals surface area contributed by atoms with E-state index in [-0.39, 0.29) is 6.61 Å². The summed E-state index contributed by atoms with van der Waals surface area (Å²) in [5.41, 5.74) is 0. The third kappa shape index (κ3) is 7.41. The monoisotopic (exact) mass is 458 g/mol. The molecule has 0 bridgehead atoms. The van der Waals surface area contributed by atoms with Crippen LogP contribution in [0.4, 0.5) is 0 Å². The van der Waals surface area contributed by atoms with E-state index in [9.17, 15) is 19.2 Å². The molecule has 0 N–H and O–H groups in total. The zero-order chi connectivity index (χ0) is 23.1. The first-order chi connectivity index (χ1) is 14.6. The quantitative estimate of drug-likeness (QED) is 0.441. The molecule has 1 aliphatic rings. The summed E-state index contributed by atoms with van der Waals surface area (Å²) in [5, 5.41) is 0.467. The van der Waals surface area contributed by atoms with Crippen molar-refractivity contribution in [2.75, 3.05) is 6.61 Å². The number of halogens is 1. The van der Waals surface area contributed by atoms with E-state index in [2.05, 4.69) is 0 Å². The van der Waals surface area contributed by atoms with Gasteiger partial charge in [0.25, 0.3) is 0 Å². The van der Waals surface area contributed by atoms with E-state index in [0.29, 0.717) is 10.8 Å². The van der Waals surface area contributed by atoms with Crippen LogP contribution in [0.1, 0.15) is 27.7 Å². The largest absolute Gasteiger partial charge is 0.463 e. The first-order valence-electron chi connectivity index (χ1n) is 9.29. The molecule has 1 aromatic rings.